The van der Waals surface area contributed by atoms with Gasteiger partial charge >= 0.3 is 5.69 Å². The minimum Gasteiger partial charge on any atom is -0.494 e. The number of benzene rings is 2. The zero-order valence-electron chi connectivity index (χ0n) is 18.3. The van der Waals surface area contributed by atoms with E-state index in [1.807, 2.05) is 49.4 Å². The topological polar surface area (TPSA) is 117 Å². The first-order valence-electron chi connectivity index (χ1n) is 10.6. The second kappa shape index (κ2) is 9.15. The Morgan fingerprint density at radius 2 is 1.85 bits per heavy atom. The van der Waals surface area contributed by atoms with E-state index < -0.39 is 23.2 Å². The molecule has 0 bridgehead atoms. The van der Waals surface area contributed by atoms with Gasteiger partial charge in [-0.1, -0.05) is 42.5 Å². The summed E-state index contributed by atoms with van der Waals surface area (Å²) in [6.07, 6.45) is 0.202. The summed E-state index contributed by atoms with van der Waals surface area (Å²) in [5.41, 5.74) is 0.210. The van der Waals surface area contributed by atoms with Gasteiger partial charge in [-0.3, -0.25) is 19.1 Å². The van der Waals surface area contributed by atoms with Crippen LogP contribution in [0.15, 0.2) is 69.3 Å². The molecule has 2 heterocycles. The highest BCUT2D eigenvalue weighted by atomic mass is 16.5. The van der Waals surface area contributed by atoms with E-state index >= 15 is 0 Å². The summed E-state index contributed by atoms with van der Waals surface area (Å²) in [5.74, 6) is -0.0866. The molecule has 1 atom stereocenters. The summed E-state index contributed by atoms with van der Waals surface area (Å²) in [6, 6.07) is 15.9. The van der Waals surface area contributed by atoms with Crippen molar-refractivity contribution in [3.63, 3.8) is 0 Å². The minimum absolute atomic E-state index is 0.0707. The molecule has 0 aliphatic carbocycles. The third-order valence-electron chi connectivity index (χ3n) is 5.45. The number of hydrazone groups is 1. The van der Waals surface area contributed by atoms with Gasteiger partial charge in [-0.2, -0.15) is 5.10 Å². The van der Waals surface area contributed by atoms with Gasteiger partial charge < -0.3 is 9.84 Å². The zero-order valence-corrected chi connectivity index (χ0v) is 18.3. The maximum atomic E-state index is 12.7. The van der Waals surface area contributed by atoms with Crippen LogP contribution < -0.4 is 16.0 Å². The fraction of sp³-hybridized carbons (Fsp3) is 0.250. The second-order valence-corrected chi connectivity index (χ2v) is 7.66. The number of nitrogens with one attached hydrogen (secondary N) is 1. The first-order chi connectivity index (χ1) is 15.9. The van der Waals surface area contributed by atoms with Gasteiger partial charge in [0.25, 0.3) is 5.56 Å². The molecule has 1 aliphatic heterocycles. The molecule has 2 aromatic carbocycles. The van der Waals surface area contributed by atoms with E-state index in [1.54, 1.807) is 12.1 Å². The average molecular weight is 448 g/mol. The van der Waals surface area contributed by atoms with Crippen molar-refractivity contribution in [1.29, 1.82) is 0 Å². The molecule has 3 aromatic rings. The Morgan fingerprint density at radius 1 is 1.15 bits per heavy atom. The lowest BCUT2D eigenvalue weighted by molar-refractivity contribution is -0.130. The van der Waals surface area contributed by atoms with Crippen LogP contribution in [0.3, 0.4) is 0 Å². The van der Waals surface area contributed by atoms with Crippen LogP contribution in [0.1, 0.15) is 43.0 Å². The number of ether oxygens (including phenoxy) is 1. The van der Waals surface area contributed by atoms with Crippen molar-refractivity contribution in [1.82, 2.24) is 14.6 Å². The molecule has 9 heteroatoms. The Balaban J connectivity index is 1.72. The van der Waals surface area contributed by atoms with E-state index in [0.717, 1.165) is 15.7 Å². The number of nitrogens with zero attached hydrogens (tertiary/aromatic N) is 3. The number of aromatic hydroxyl groups is 1. The summed E-state index contributed by atoms with van der Waals surface area (Å²) < 4.78 is 6.55. The molecule has 1 aliphatic rings. The molecule has 33 heavy (non-hydrogen) atoms. The SMILES string of the molecule is CCOc1ccc([C@@H]2CC(c3c(O)n(Cc4ccccc4)c(=O)[nH]c3=O)=NN2C(C)=O)cc1. The van der Waals surface area contributed by atoms with Gasteiger partial charge in [-0.05, 0) is 30.2 Å². The van der Waals surface area contributed by atoms with Gasteiger partial charge in [-0.15, -0.1) is 0 Å². The lowest BCUT2D eigenvalue weighted by Crippen LogP contribution is -2.34. The minimum atomic E-state index is -0.753. The number of carbonyl (C=O) groups is 1. The maximum absolute atomic E-state index is 12.7. The van der Waals surface area contributed by atoms with E-state index in [9.17, 15) is 19.5 Å². The van der Waals surface area contributed by atoms with Crippen molar-refractivity contribution in [3.8, 4) is 11.6 Å². The predicted molar refractivity (Wildman–Crippen MR) is 123 cm³/mol. The number of aromatic amines is 1. The first kappa shape index (κ1) is 22.1. The lowest BCUT2D eigenvalue weighted by Gasteiger charge is -2.20. The van der Waals surface area contributed by atoms with Gasteiger partial charge in [0.05, 0.1) is 24.9 Å². The predicted octanol–water partition coefficient (Wildman–Crippen LogP) is 2.39. The molecule has 0 spiro atoms. The summed E-state index contributed by atoms with van der Waals surface area (Å²) in [6.45, 7) is 3.88. The highest BCUT2D eigenvalue weighted by Gasteiger charge is 2.34. The monoisotopic (exact) mass is 448 g/mol. The highest BCUT2D eigenvalue weighted by Crippen LogP contribution is 2.34. The van der Waals surface area contributed by atoms with Crippen LogP contribution in [0.2, 0.25) is 0 Å². The number of hydrogen-bond acceptors (Lipinski definition) is 6. The number of carbonyl (C=O) groups excluding carboxylic acids is 1. The summed E-state index contributed by atoms with van der Waals surface area (Å²) in [7, 11) is 0. The van der Waals surface area contributed by atoms with Crippen LogP contribution in [0.5, 0.6) is 11.6 Å². The Labute approximate surface area is 189 Å². The fourth-order valence-electron chi connectivity index (χ4n) is 3.90. The number of aromatic nitrogens is 2. The Morgan fingerprint density at radius 3 is 2.48 bits per heavy atom. The van der Waals surface area contributed by atoms with Crippen LogP contribution in [-0.4, -0.2) is 37.9 Å². The standard InChI is InChI=1S/C24H24N4O5/c1-3-33-18-11-9-17(10-12-18)20-13-19(26-28(20)15(2)29)21-22(30)25-24(32)27(23(21)31)14-16-7-5-4-6-8-16/h4-12,20,31H,3,13-14H2,1-2H3,(H,25,30,32)/t20-/m0/s1. The van der Waals surface area contributed by atoms with Crippen LogP contribution in [0.25, 0.3) is 0 Å². The molecule has 170 valence electrons. The lowest BCUT2D eigenvalue weighted by atomic mass is 9.99. The number of H-pyrrole nitrogens is 1. The summed E-state index contributed by atoms with van der Waals surface area (Å²) in [5, 5.41) is 16.5. The van der Waals surface area contributed by atoms with Gasteiger partial charge in [0.2, 0.25) is 11.8 Å². The van der Waals surface area contributed by atoms with Crippen molar-refractivity contribution < 1.29 is 14.6 Å². The van der Waals surface area contributed by atoms with Crippen molar-refractivity contribution in [2.24, 2.45) is 5.10 Å². The molecule has 1 aromatic heterocycles. The second-order valence-electron chi connectivity index (χ2n) is 7.66. The van der Waals surface area contributed by atoms with Crippen LogP contribution in [0, 0.1) is 0 Å². The molecule has 9 nitrogen and oxygen atoms in total. The normalized spacial score (nSPS) is 15.4. The molecule has 1 amide bonds. The van der Waals surface area contributed by atoms with E-state index in [-0.39, 0.29) is 30.1 Å². The summed E-state index contributed by atoms with van der Waals surface area (Å²) >= 11 is 0. The number of hydrogen-bond donors (Lipinski definition) is 2. The van der Waals surface area contributed by atoms with Gasteiger partial charge in [0.1, 0.15) is 11.3 Å². The van der Waals surface area contributed by atoms with E-state index in [2.05, 4.69) is 10.1 Å². The summed E-state index contributed by atoms with van der Waals surface area (Å²) in [4.78, 5) is 39.6. The number of rotatable bonds is 6. The van der Waals surface area contributed by atoms with Crippen LogP contribution >= 0.6 is 0 Å². The Bertz CT molecular complexity index is 1310. The molecule has 0 radical (unpaired) electrons. The molecule has 0 saturated heterocycles. The molecular formula is C24H24N4O5. The van der Waals surface area contributed by atoms with Gasteiger partial charge in [0, 0.05) is 13.3 Å². The molecule has 0 saturated carbocycles. The Hall–Kier alpha value is -4.14. The molecule has 0 fully saturated rings. The smallest absolute Gasteiger partial charge is 0.331 e. The van der Waals surface area contributed by atoms with Gasteiger partial charge in [0.15, 0.2) is 0 Å². The molecule has 2 N–H and O–H groups in total. The van der Waals surface area contributed by atoms with Crippen LogP contribution in [0.4, 0.5) is 0 Å². The average Bonchev–Trinajstić information content (AvgIpc) is 3.23. The third kappa shape index (κ3) is 4.43. The van der Waals surface area contributed by atoms with E-state index in [0.29, 0.717) is 12.4 Å². The van der Waals surface area contributed by atoms with Crippen molar-refractivity contribution >= 4 is 11.6 Å². The quantitative estimate of drug-likeness (QED) is 0.601. The molecule has 4 rings (SSSR count). The molecular weight excluding hydrogens is 424 g/mol. The van der Waals surface area contributed by atoms with E-state index in [1.165, 1.54) is 11.9 Å². The Kier molecular flexibility index (Phi) is 6.12. The maximum Gasteiger partial charge on any atom is 0.331 e. The van der Waals surface area contributed by atoms with Crippen LogP contribution in [-0.2, 0) is 11.3 Å². The largest absolute Gasteiger partial charge is 0.494 e. The van der Waals surface area contributed by atoms with Crippen molar-refractivity contribution in [3.05, 3.63) is 92.1 Å². The highest BCUT2D eigenvalue weighted by molar-refractivity contribution is 6.04. The first-order valence-corrected chi connectivity index (χ1v) is 10.6. The van der Waals surface area contributed by atoms with Crippen molar-refractivity contribution in [2.45, 2.75) is 32.9 Å². The van der Waals surface area contributed by atoms with Gasteiger partial charge in [-0.25, -0.2) is 9.80 Å². The van der Waals surface area contributed by atoms with Crippen molar-refractivity contribution in [2.75, 3.05) is 6.61 Å². The fourth-order valence-corrected chi connectivity index (χ4v) is 3.90. The molecule has 0 unspecified atom stereocenters. The van der Waals surface area contributed by atoms with E-state index in [4.69, 9.17) is 4.74 Å². The zero-order chi connectivity index (χ0) is 23.5. The third-order valence-corrected chi connectivity index (χ3v) is 5.45. The number of amides is 1.